The van der Waals surface area contributed by atoms with Gasteiger partial charge in [0, 0.05) is 49.3 Å². The van der Waals surface area contributed by atoms with Gasteiger partial charge in [-0.2, -0.15) is 4.98 Å². The molecule has 0 aliphatic carbocycles. The third-order valence-corrected chi connectivity index (χ3v) is 4.50. The Bertz CT molecular complexity index is 848. The van der Waals surface area contributed by atoms with Crippen molar-refractivity contribution in [1.29, 1.82) is 0 Å². The Labute approximate surface area is 149 Å². The smallest absolute Gasteiger partial charge is 0.229 e. The van der Waals surface area contributed by atoms with Crippen LogP contribution >= 0.6 is 0 Å². The van der Waals surface area contributed by atoms with E-state index in [4.69, 9.17) is 9.97 Å². The Balaban J connectivity index is 1.94. The van der Waals surface area contributed by atoms with Gasteiger partial charge >= 0.3 is 0 Å². The zero-order chi connectivity index (χ0) is 17.8. The van der Waals surface area contributed by atoms with Crippen LogP contribution < -0.4 is 10.2 Å². The van der Waals surface area contributed by atoms with Crippen LogP contribution in [0.15, 0.2) is 36.5 Å². The van der Waals surface area contributed by atoms with Gasteiger partial charge in [-0.15, -0.1) is 0 Å². The Morgan fingerprint density at radius 2 is 1.84 bits per heavy atom. The topological polar surface area (TPSA) is 46.0 Å². The molecular weight excluding hydrogens is 310 g/mol. The van der Waals surface area contributed by atoms with Gasteiger partial charge in [-0.1, -0.05) is 19.4 Å². The molecule has 0 aliphatic heterocycles. The summed E-state index contributed by atoms with van der Waals surface area (Å²) >= 11 is 0. The molecular formula is C20H27N5. The Kier molecular flexibility index (Phi) is 5.22. The second-order valence-electron chi connectivity index (χ2n) is 6.29. The molecule has 0 unspecified atom stereocenters. The molecule has 1 N–H and O–H groups in total. The summed E-state index contributed by atoms with van der Waals surface area (Å²) in [6.45, 7) is 8.36. The molecule has 0 radical (unpaired) electrons. The van der Waals surface area contributed by atoms with Crippen molar-refractivity contribution in [1.82, 2.24) is 14.5 Å². The molecule has 0 saturated carbocycles. The minimum atomic E-state index is 0.668. The number of hydrogen-bond donors (Lipinski definition) is 1. The van der Waals surface area contributed by atoms with Crippen molar-refractivity contribution in [3.05, 3.63) is 42.2 Å². The Morgan fingerprint density at radius 3 is 2.56 bits per heavy atom. The predicted octanol–water partition coefficient (Wildman–Crippen LogP) is 4.51. The highest BCUT2D eigenvalue weighted by atomic mass is 15.2. The first-order chi connectivity index (χ1) is 12.1. The molecule has 3 aromatic rings. The molecule has 0 bridgehead atoms. The zero-order valence-electron chi connectivity index (χ0n) is 15.6. The monoisotopic (exact) mass is 337 g/mol. The Hall–Kier alpha value is -2.56. The van der Waals surface area contributed by atoms with E-state index in [1.165, 1.54) is 10.9 Å². The number of benzene rings is 1. The molecule has 3 rings (SSSR count). The highest BCUT2D eigenvalue weighted by Crippen LogP contribution is 2.23. The molecule has 25 heavy (non-hydrogen) atoms. The molecule has 2 aromatic heterocycles. The van der Waals surface area contributed by atoms with Gasteiger partial charge in [0.15, 0.2) is 0 Å². The van der Waals surface area contributed by atoms with Gasteiger partial charge in [-0.3, -0.25) is 0 Å². The van der Waals surface area contributed by atoms with E-state index in [-0.39, 0.29) is 0 Å². The fourth-order valence-electron chi connectivity index (χ4n) is 3.10. The van der Waals surface area contributed by atoms with Crippen LogP contribution in [0.5, 0.6) is 0 Å². The first-order valence-electron chi connectivity index (χ1n) is 9.09. The van der Waals surface area contributed by atoms with E-state index in [0.717, 1.165) is 43.1 Å². The Morgan fingerprint density at radius 1 is 1.04 bits per heavy atom. The van der Waals surface area contributed by atoms with Crippen molar-refractivity contribution in [2.75, 3.05) is 23.3 Å². The standard InChI is InChI=1S/C20H27N5/c1-5-8-16-14-19(25(6-2)7-3)23-20(21-16)22-17-10-9-15-11-12-24(4)18(15)13-17/h9-14H,5-8H2,1-4H3,(H,21,22,23). The SMILES string of the molecule is CCCc1cc(N(CC)CC)nc(Nc2ccc3ccn(C)c3c2)n1. The van der Waals surface area contributed by atoms with Crippen LogP contribution in [0.3, 0.4) is 0 Å². The highest BCUT2D eigenvalue weighted by Gasteiger charge is 2.10. The van der Waals surface area contributed by atoms with E-state index in [1.807, 2.05) is 0 Å². The second-order valence-corrected chi connectivity index (χ2v) is 6.29. The second kappa shape index (κ2) is 7.55. The lowest BCUT2D eigenvalue weighted by Crippen LogP contribution is -2.23. The van der Waals surface area contributed by atoms with E-state index in [9.17, 15) is 0 Å². The summed E-state index contributed by atoms with van der Waals surface area (Å²) in [6.07, 6.45) is 4.11. The fourth-order valence-corrected chi connectivity index (χ4v) is 3.10. The maximum atomic E-state index is 4.74. The third kappa shape index (κ3) is 3.76. The summed E-state index contributed by atoms with van der Waals surface area (Å²) in [5.41, 5.74) is 3.29. The van der Waals surface area contributed by atoms with Gasteiger partial charge < -0.3 is 14.8 Å². The van der Waals surface area contributed by atoms with Gasteiger partial charge in [0.2, 0.25) is 5.95 Å². The maximum Gasteiger partial charge on any atom is 0.229 e. The summed E-state index contributed by atoms with van der Waals surface area (Å²) in [6, 6.07) is 10.6. The van der Waals surface area contributed by atoms with Gasteiger partial charge in [-0.05, 0) is 43.9 Å². The molecule has 0 aliphatic rings. The lowest BCUT2D eigenvalue weighted by atomic mass is 10.2. The average Bonchev–Trinajstić information content (AvgIpc) is 2.97. The number of nitrogens with zero attached hydrogens (tertiary/aromatic N) is 4. The normalized spacial score (nSPS) is 11.0. The molecule has 2 heterocycles. The number of nitrogens with one attached hydrogen (secondary N) is 1. The largest absolute Gasteiger partial charge is 0.357 e. The summed E-state index contributed by atoms with van der Waals surface area (Å²) in [5.74, 6) is 1.66. The third-order valence-electron chi connectivity index (χ3n) is 4.50. The number of anilines is 3. The molecule has 0 atom stereocenters. The fraction of sp³-hybridized carbons (Fsp3) is 0.400. The molecule has 5 nitrogen and oxygen atoms in total. The number of fused-ring (bicyclic) bond motifs is 1. The van der Waals surface area contributed by atoms with Crippen LogP contribution in [0, 0.1) is 0 Å². The summed E-state index contributed by atoms with van der Waals surface area (Å²) in [7, 11) is 2.06. The highest BCUT2D eigenvalue weighted by molar-refractivity contribution is 5.84. The van der Waals surface area contributed by atoms with Crippen molar-refractivity contribution in [2.45, 2.75) is 33.6 Å². The van der Waals surface area contributed by atoms with E-state index in [1.54, 1.807) is 0 Å². The first-order valence-corrected chi connectivity index (χ1v) is 9.09. The predicted molar refractivity (Wildman–Crippen MR) is 106 cm³/mol. The molecule has 0 amide bonds. The minimum Gasteiger partial charge on any atom is -0.357 e. The number of hydrogen-bond acceptors (Lipinski definition) is 4. The van der Waals surface area contributed by atoms with Gasteiger partial charge in [0.1, 0.15) is 5.82 Å². The molecule has 5 heteroatoms. The molecule has 0 saturated heterocycles. The van der Waals surface area contributed by atoms with Crippen LogP contribution in [-0.2, 0) is 13.5 Å². The average molecular weight is 337 g/mol. The molecule has 132 valence electrons. The maximum absolute atomic E-state index is 4.74. The van der Waals surface area contributed by atoms with Crippen molar-refractivity contribution in [2.24, 2.45) is 7.05 Å². The van der Waals surface area contributed by atoms with Crippen LogP contribution in [0.2, 0.25) is 0 Å². The number of aryl methyl sites for hydroxylation is 2. The molecule has 0 fully saturated rings. The zero-order valence-corrected chi connectivity index (χ0v) is 15.6. The van der Waals surface area contributed by atoms with Crippen molar-refractivity contribution in [3.8, 4) is 0 Å². The first kappa shape index (κ1) is 17.3. The van der Waals surface area contributed by atoms with Crippen LogP contribution in [0.1, 0.15) is 32.9 Å². The van der Waals surface area contributed by atoms with E-state index in [0.29, 0.717) is 5.95 Å². The number of rotatable bonds is 7. The van der Waals surface area contributed by atoms with Crippen LogP contribution in [0.25, 0.3) is 10.9 Å². The van der Waals surface area contributed by atoms with Gasteiger partial charge in [0.05, 0.1) is 0 Å². The minimum absolute atomic E-state index is 0.668. The van der Waals surface area contributed by atoms with E-state index in [2.05, 4.69) is 79.1 Å². The molecule has 0 spiro atoms. The summed E-state index contributed by atoms with van der Waals surface area (Å²) in [4.78, 5) is 11.7. The van der Waals surface area contributed by atoms with Crippen LogP contribution in [-0.4, -0.2) is 27.6 Å². The summed E-state index contributed by atoms with van der Waals surface area (Å²) < 4.78 is 2.12. The van der Waals surface area contributed by atoms with Crippen molar-refractivity contribution < 1.29 is 0 Å². The van der Waals surface area contributed by atoms with E-state index >= 15 is 0 Å². The van der Waals surface area contributed by atoms with Crippen molar-refractivity contribution in [3.63, 3.8) is 0 Å². The lowest BCUT2D eigenvalue weighted by Gasteiger charge is -2.21. The number of aromatic nitrogens is 3. The van der Waals surface area contributed by atoms with E-state index < -0.39 is 0 Å². The summed E-state index contributed by atoms with van der Waals surface area (Å²) in [5, 5.41) is 4.63. The lowest BCUT2D eigenvalue weighted by molar-refractivity contribution is 0.824. The molecule has 1 aromatic carbocycles. The quantitative estimate of drug-likeness (QED) is 0.689. The van der Waals surface area contributed by atoms with Gasteiger partial charge in [-0.25, -0.2) is 4.98 Å². The van der Waals surface area contributed by atoms with Gasteiger partial charge in [0.25, 0.3) is 0 Å². The van der Waals surface area contributed by atoms with Crippen molar-refractivity contribution >= 4 is 28.4 Å². The van der Waals surface area contributed by atoms with Crippen LogP contribution in [0.4, 0.5) is 17.5 Å².